The molecule has 0 radical (unpaired) electrons. The normalized spacial score (nSPS) is 16.8. The Morgan fingerprint density at radius 2 is 1.62 bits per heavy atom. The molecule has 0 aliphatic heterocycles. The van der Waals surface area contributed by atoms with Crippen molar-refractivity contribution in [1.29, 1.82) is 0 Å². The lowest BCUT2D eigenvalue weighted by Crippen LogP contribution is -2.63. The van der Waals surface area contributed by atoms with Gasteiger partial charge in [0.15, 0.2) is 5.78 Å². The Hall–Kier alpha value is -0.670. The van der Waals surface area contributed by atoms with E-state index in [4.69, 9.17) is 5.73 Å². The van der Waals surface area contributed by atoms with Gasteiger partial charge in [-0.05, 0) is 12.5 Å². The van der Waals surface area contributed by atoms with Gasteiger partial charge in [0.05, 0.1) is 21.1 Å². The summed E-state index contributed by atoms with van der Waals surface area (Å²) in [6, 6.07) is 0. The second-order valence-corrected chi connectivity index (χ2v) is 6.54. The van der Waals surface area contributed by atoms with Gasteiger partial charge in [-0.1, -0.05) is 20.4 Å². The maximum atomic E-state index is 12.0. The molecule has 0 bridgehead atoms. The molecule has 94 valence electrons. The van der Waals surface area contributed by atoms with Crippen LogP contribution in [0.4, 0.5) is 0 Å². The van der Waals surface area contributed by atoms with Crippen molar-refractivity contribution in [3.63, 3.8) is 0 Å². The molecule has 0 saturated carbocycles. The zero-order valence-electron chi connectivity index (χ0n) is 11.8. The molecule has 3 nitrogen and oxygen atoms in total. The summed E-state index contributed by atoms with van der Waals surface area (Å²) in [5.41, 5.74) is 6.01. The Bertz CT molecular complexity index is 296. The molecule has 0 rings (SSSR count). The van der Waals surface area contributed by atoms with Gasteiger partial charge in [-0.3, -0.25) is 10.5 Å². The number of hydrogen-bond acceptors (Lipinski definition) is 2. The fraction of sp³-hybridized carbons (Fsp3) is 0.769. The molecule has 0 aromatic heterocycles. The lowest BCUT2D eigenvalue weighted by molar-refractivity contribution is -0.922. The van der Waals surface area contributed by atoms with Crippen LogP contribution in [-0.2, 0) is 4.79 Å². The molecule has 0 aromatic carbocycles. The molecule has 0 amide bonds. The van der Waals surface area contributed by atoms with E-state index in [0.29, 0.717) is 16.5 Å². The van der Waals surface area contributed by atoms with Crippen molar-refractivity contribution in [3.8, 4) is 0 Å². The highest BCUT2D eigenvalue weighted by molar-refractivity contribution is 5.98. The van der Waals surface area contributed by atoms with Gasteiger partial charge in [-0.2, -0.15) is 0 Å². The SMILES string of the molecule is C=C(C)C(=O)C(C)(C)CC(C)(N)[N+](C)(C)C. The highest BCUT2D eigenvalue weighted by Gasteiger charge is 2.42. The van der Waals surface area contributed by atoms with E-state index in [-0.39, 0.29) is 5.78 Å². The van der Waals surface area contributed by atoms with Crippen LogP contribution in [0, 0.1) is 5.41 Å². The van der Waals surface area contributed by atoms with Crippen molar-refractivity contribution in [3.05, 3.63) is 12.2 Å². The molecule has 1 unspecified atom stereocenters. The summed E-state index contributed by atoms with van der Waals surface area (Å²) < 4.78 is 0.625. The Kier molecular flexibility index (Phi) is 4.12. The van der Waals surface area contributed by atoms with Gasteiger partial charge in [0.25, 0.3) is 0 Å². The van der Waals surface area contributed by atoms with Crippen LogP contribution in [0.5, 0.6) is 0 Å². The lowest BCUT2D eigenvalue weighted by Gasteiger charge is -2.44. The Labute approximate surface area is 99.9 Å². The van der Waals surface area contributed by atoms with Gasteiger partial charge in [0, 0.05) is 18.8 Å². The summed E-state index contributed by atoms with van der Waals surface area (Å²) in [5.74, 6) is 0.0950. The largest absolute Gasteiger partial charge is 0.314 e. The highest BCUT2D eigenvalue weighted by atomic mass is 16.1. The quantitative estimate of drug-likeness (QED) is 0.443. The third-order valence-electron chi connectivity index (χ3n) is 3.33. The van der Waals surface area contributed by atoms with Crippen LogP contribution in [0.3, 0.4) is 0 Å². The lowest BCUT2D eigenvalue weighted by atomic mass is 9.77. The number of carbonyl (C=O) groups excluding carboxylic acids is 1. The number of nitrogens with zero attached hydrogens (tertiary/aromatic N) is 1. The Morgan fingerprint density at radius 3 is 1.88 bits per heavy atom. The third-order valence-corrected chi connectivity index (χ3v) is 3.33. The van der Waals surface area contributed by atoms with Crippen molar-refractivity contribution in [2.75, 3.05) is 21.1 Å². The van der Waals surface area contributed by atoms with E-state index in [2.05, 4.69) is 6.58 Å². The second-order valence-electron chi connectivity index (χ2n) is 6.54. The molecule has 2 N–H and O–H groups in total. The molecule has 0 aliphatic rings. The minimum Gasteiger partial charge on any atom is -0.314 e. The molecule has 0 aromatic rings. The number of carbonyl (C=O) groups is 1. The van der Waals surface area contributed by atoms with Crippen LogP contribution in [0.15, 0.2) is 12.2 Å². The summed E-state index contributed by atoms with van der Waals surface area (Å²) in [5, 5.41) is 0. The first-order chi connectivity index (χ1) is 6.81. The first-order valence-electron chi connectivity index (χ1n) is 5.62. The number of hydrogen-bond donors (Lipinski definition) is 1. The van der Waals surface area contributed by atoms with Crippen molar-refractivity contribution in [1.82, 2.24) is 0 Å². The molecular formula is C13H27N2O+. The van der Waals surface area contributed by atoms with Gasteiger partial charge in [0.2, 0.25) is 0 Å². The first-order valence-corrected chi connectivity index (χ1v) is 5.62. The number of rotatable bonds is 5. The minimum atomic E-state index is -0.457. The van der Waals surface area contributed by atoms with Crippen LogP contribution < -0.4 is 5.73 Å². The maximum absolute atomic E-state index is 12.0. The average molecular weight is 227 g/mol. The Morgan fingerprint density at radius 1 is 1.25 bits per heavy atom. The maximum Gasteiger partial charge on any atom is 0.163 e. The second kappa shape index (κ2) is 4.30. The first kappa shape index (κ1) is 15.3. The summed E-state index contributed by atoms with van der Waals surface area (Å²) >= 11 is 0. The van der Waals surface area contributed by atoms with Crippen molar-refractivity contribution < 1.29 is 9.28 Å². The van der Waals surface area contributed by atoms with E-state index < -0.39 is 11.1 Å². The summed E-state index contributed by atoms with van der Waals surface area (Å²) in [4.78, 5) is 12.0. The third kappa shape index (κ3) is 3.42. The molecule has 1 atom stereocenters. The van der Waals surface area contributed by atoms with E-state index in [1.807, 2.05) is 41.9 Å². The van der Waals surface area contributed by atoms with Crippen molar-refractivity contribution in [2.24, 2.45) is 11.1 Å². The summed E-state index contributed by atoms with van der Waals surface area (Å²) in [6.45, 7) is 11.3. The predicted octanol–water partition coefficient (Wildman–Crippen LogP) is 1.93. The molecule has 0 aliphatic carbocycles. The van der Waals surface area contributed by atoms with E-state index in [9.17, 15) is 4.79 Å². The molecule has 0 spiro atoms. The molecule has 3 heteroatoms. The number of Topliss-reactive ketones (excluding diaryl/α,β-unsaturated/α-hetero) is 1. The van der Waals surface area contributed by atoms with Crippen LogP contribution in [0.25, 0.3) is 0 Å². The van der Waals surface area contributed by atoms with E-state index in [0.717, 1.165) is 0 Å². The molecule has 0 fully saturated rings. The zero-order chi connectivity index (χ0) is 13.4. The predicted molar refractivity (Wildman–Crippen MR) is 68.8 cm³/mol. The number of quaternary nitrogens is 1. The smallest absolute Gasteiger partial charge is 0.163 e. The number of nitrogens with two attached hydrogens (primary N) is 1. The van der Waals surface area contributed by atoms with Crippen molar-refractivity contribution >= 4 is 5.78 Å². The van der Waals surface area contributed by atoms with E-state index in [1.165, 1.54) is 0 Å². The van der Waals surface area contributed by atoms with E-state index >= 15 is 0 Å². The number of ketones is 1. The van der Waals surface area contributed by atoms with Crippen LogP contribution in [0.1, 0.15) is 34.1 Å². The topological polar surface area (TPSA) is 43.1 Å². The summed E-state index contributed by atoms with van der Waals surface area (Å²) in [7, 11) is 6.13. The number of allylic oxidation sites excluding steroid dienone is 1. The molecular weight excluding hydrogens is 200 g/mol. The minimum absolute atomic E-state index is 0.0950. The van der Waals surface area contributed by atoms with E-state index in [1.54, 1.807) is 6.92 Å². The van der Waals surface area contributed by atoms with Crippen LogP contribution in [0.2, 0.25) is 0 Å². The average Bonchev–Trinajstić information content (AvgIpc) is 1.98. The molecule has 0 saturated heterocycles. The monoisotopic (exact) mass is 227 g/mol. The Balaban J connectivity index is 4.98. The van der Waals surface area contributed by atoms with Gasteiger partial charge in [-0.25, -0.2) is 0 Å². The fourth-order valence-corrected chi connectivity index (χ4v) is 1.79. The highest BCUT2D eigenvalue weighted by Crippen LogP contribution is 2.32. The fourth-order valence-electron chi connectivity index (χ4n) is 1.79. The van der Waals surface area contributed by atoms with Gasteiger partial charge in [0.1, 0.15) is 5.66 Å². The molecule has 0 heterocycles. The van der Waals surface area contributed by atoms with Gasteiger partial charge >= 0.3 is 0 Å². The standard InChI is InChI=1S/C13H27N2O/c1-10(2)11(16)12(3,4)9-13(5,14)15(6,7)8/h1,9,14H2,2-8H3/q+1. The van der Waals surface area contributed by atoms with Gasteiger partial charge < -0.3 is 4.48 Å². The van der Waals surface area contributed by atoms with Crippen molar-refractivity contribution in [2.45, 2.75) is 39.8 Å². The summed E-state index contributed by atoms with van der Waals surface area (Å²) in [6.07, 6.45) is 0.634. The van der Waals surface area contributed by atoms with Crippen LogP contribution in [-0.4, -0.2) is 37.1 Å². The molecule has 16 heavy (non-hydrogen) atoms. The van der Waals surface area contributed by atoms with Crippen LogP contribution >= 0.6 is 0 Å². The van der Waals surface area contributed by atoms with Gasteiger partial charge in [-0.15, -0.1) is 0 Å². The zero-order valence-corrected chi connectivity index (χ0v) is 11.8.